The lowest BCUT2D eigenvalue weighted by atomic mass is 10.3. The molecule has 0 radical (unpaired) electrons. The fraction of sp³-hybridized carbons (Fsp3) is 0.250. The smallest absolute Gasteiger partial charge is 0.272 e. The normalized spacial score (nSPS) is 9.77. The SMILES string of the molecule is CN(C)C(=O)c1cc(N)cc(Cl)n1. The molecule has 0 saturated heterocycles. The summed E-state index contributed by atoms with van der Waals surface area (Å²) in [6.45, 7) is 0. The summed E-state index contributed by atoms with van der Waals surface area (Å²) >= 11 is 5.64. The molecule has 0 fully saturated rings. The van der Waals surface area contributed by atoms with Gasteiger partial charge in [0.15, 0.2) is 0 Å². The molecule has 1 aromatic rings. The molecule has 0 aromatic carbocycles. The average Bonchev–Trinajstić information content (AvgIpc) is 2.01. The Bertz CT molecular complexity index is 318. The van der Waals surface area contributed by atoms with Crippen molar-refractivity contribution >= 4 is 23.2 Å². The lowest BCUT2D eigenvalue weighted by molar-refractivity contribution is 0.0822. The fourth-order valence-electron chi connectivity index (χ4n) is 0.855. The Balaban J connectivity index is 3.08. The predicted molar refractivity (Wildman–Crippen MR) is 51.7 cm³/mol. The number of amides is 1. The molecular formula is C8H10ClN3O. The molecular weight excluding hydrogens is 190 g/mol. The number of carbonyl (C=O) groups excluding carboxylic acids is 1. The van der Waals surface area contributed by atoms with Crippen molar-refractivity contribution in [2.24, 2.45) is 0 Å². The summed E-state index contributed by atoms with van der Waals surface area (Å²) in [7, 11) is 3.28. The monoisotopic (exact) mass is 199 g/mol. The summed E-state index contributed by atoms with van der Waals surface area (Å²) in [6, 6.07) is 2.99. The van der Waals surface area contributed by atoms with Crippen LogP contribution in [0.2, 0.25) is 5.15 Å². The van der Waals surface area contributed by atoms with E-state index >= 15 is 0 Å². The summed E-state index contributed by atoms with van der Waals surface area (Å²) < 4.78 is 0. The second kappa shape index (κ2) is 3.62. The van der Waals surface area contributed by atoms with E-state index in [1.165, 1.54) is 17.0 Å². The molecule has 4 nitrogen and oxygen atoms in total. The van der Waals surface area contributed by atoms with E-state index < -0.39 is 0 Å². The molecule has 0 atom stereocenters. The average molecular weight is 200 g/mol. The van der Waals surface area contributed by atoms with E-state index in [1.54, 1.807) is 14.1 Å². The van der Waals surface area contributed by atoms with Crippen molar-refractivity contribution in [3.63, 3.8) is 0 Å². The maximum Gasteiger partial charge on any atom is 0.272 e. The zero-order chi connectivity index (χ0) is 10.0. The standard InChI is InChI=1S/C8H10ClN3O/c1-12(2)8(13)6-3-5(10)4-7(9)11-6/h3-4H,1-2H3,(H2,10,11). The molecule has 0 bridgehead atoms. The number of hydrogen-bond acceptors (Lipinski definition) is 3. The van der Waals surface area contributed by atoms with E-state index in [-0.39, 0.29) is 16.8 Å². The number of nitrogens with two attached hydrogens (primary N) is 1. The van der Waals surface area contributed by atoms with Crippen molar-refractivity contribution < 1.29 is 4.79 Å². The van der Waals surface area contributed by atoms with Gasteiger partial charge in [0.1, 0.15) is 10.8 Å². The van der Waals surface area contributed by atoms with Crippen molar-refractivity contribution in [3.8, 4) is 0 Å². The number of hydrogen-bond donors (Lipinski definition) is 1. The first-order chi connectivity index (χ1) is 6.00. The Hall–Kier alpha value is -1.29. The highest BCUT2D eigenvalue weighted by Gasteiger charge is 2.10. The molecule has 2 N–H and O–H groups in total. The van der Waals surface area contributed by atoms with Crippen LogP contribution in [-0.2, 0) is 0 Å². The van der Waals surface area contributed by atoms with E-state index in [4.69, 9.17) is 17.3 Å². The van der Waals surface area contributed by atoms with Crippen LogP contribution >= 0.6 is 11.6 Å². The van der Waals surface area contributed by atoms with Crippen molar-refractivity contribution in [1.29, 1.82) is 0 Å². The van der Waals surface area contributed by atoms with Gasteiger partial charge in [-0.05, 0) is 12.1 Å². The summed E-state index contributed by atoms with van der Waals surface area (Å²) in [4.78, 5) is 16.7. The van der Waals surface area contributed by atoms with E-state index in [0.29, 0.717) is 5.69 Å². The van der Waals surface area contributed by atoms with Crippen molar-refractivity contribution in [1.82, 2.24) is 9.88 Å². The van der Waals surface area contributed by atoms with Crippen LogP contribution in [-0.4, -0.2) is 29.9 Å². The van der Waals surface area contributed by atoms with Gasteiger partial charge in [0.2, 0.25) is 0 Å². The molecule has 1 rings (SSSR count). The number of pyridine rings is 1. The third-order valence-corrected chi connectivity index (χ3v) is 1.64. The molecule has 0 spiro atoms. The predicted octanol–water partition coefficient (Wildman–Crippen LogP) is 1.02. The number of rotatable bonds is 1. The van der Waals surface area contributed by atoms with Crippen LogP contribution in [0, 0.1) is 0 Å². The van der Waals surface area contributed by atoms with Gasteiger partial charge >= 0.3 is 0 Å². The highest BCUT2D eigenvalue weighted by molar-refractivity contribution is 6.29. The third kappa shape index (κ3) is 2.32. The van der Waals surface area contributed by atoms with E-state index in [0.717, 1.165) is 0 Å². The topological polar surface area (TPSA) is 59.2 Å². The van der Waals surface area contributed by atoms with Gasteiger partial charge < -0.3 is 10.6 Å². The summed E-state index contributed by atoms with van der Waals surface area (Å²) in [5.74, 6) is -0.214. The Labute approximate surface area is 81.3 Å². The van der Waals surface area contributed by atoms with Gasteiger partial charge in [-0.3, -0.25) is 4.79 Å². The van der Waals surface area contributed by atoms with Gasteiger partial charge in [-0.15, -0.1) is 0 Å². The van der Waals surface area contributed by atoms with E-state index in [2.05, 4.69) is 4.98 Å². The lowest BCUT2D eigenvalue weighted by Gasteiger charge is -2.09. The molecule has 0 saturated carbocycles. The molecule has 0 aliphatic rings. The second-order valence-corrected chi connectivity index (χ2v) is 3.20. The number of anilines is 1. The zero-order valence-electron chi connectivity index (χ0n) is 7.41. The number of carbonyl (C=O) groups is 1. The molecule has 1 heterocycles. The quantitative estimate of drug-likeness (QED) is 0.687. The Kier molecular flexibility index (Phi) is 2.72. The van der Waals surface area contributed by atoms with E-state index in [1.807, 2.05) is 0 Å². The highest BCUT2D eigenvalue weighted by Crippen LogP contribution is 2.12. The zero-order valence-corrected chi connectivity index (χ0v) is 8.17. The van der Waals surface area contributed by atoms with Crippen LogP contribution in [0.4, 0.5) is 5.69 Å². The van der Waals surface area contributed by atoms with Crippen LogP contribution in [0.5, 0.6) is 0 Å². The molecule has 0 unspecified atom stereocenters. The summed E-state index contributed by atoms with van der Waals surface area (Å²) in [6.07, 6.45) is 0. The van der Waals surface area contributed by atoms with Crippen molar-refractivity contribution in [2.45, 2.75) is 0 Å². The van der Waals surface area contributed by atoms with Crippen LogP contribution in [0.1, 0.15) is 10.5 Å². The molecule has 1 amide bonds. The second-order valence-electron chi connectivity index (χ2n) is 2.81. The number of halogens is 1. The highest BCUT2D eigenvalue weighted by atomic mass is 35.5. The Morgan fingerprint density at radius 1 is 1.54 bits per heavy atom. The summed E-state index contributed by atoms with van der Waals surface area (Å²) in [5, 5.41) is 0.227. The maximum absolute atomic E-state index is 11.4. The molecule has 1 aromatic heterocycles. The fourth-order valence-corrected chi connectivity index (χ4v) is 1.07. The number of aromatic nitrogens is 1. The first kappa shape index (κ1) is 9.80. The molecule has 13 heavy (non-hydrogen) atoms. The minimum atomic E-state index is -0.214. The minimum absolute atomic E-state index is 0.214. The van der Waals surface area contributed by atoms with Gasteiger partial charge in [0.05, 0.1) is 0 Å². The molecule has 5 heteroatoms. The van der Waals surface area contributed by atoms with E-state index in [9.17, 15) is 4.79 Å². The first-order valence-corrected chi connectivity index (χ1v) is 4.03. The largest absolute Gasteiger partial charge is 0.399 e. The van der Waals surface area contributed by atoms with Gasteiger partial charge in [0.25, 0.3) is 5.91 Å². The van der Waals surface area contributed by atoms with Crippen LogP contribution in [0.25, 0.3) is 0 Å². The maximum atomic E-state index is 11.4. The minimum Gasteiger partial charge on any atom is -0.399 e. The number of nitrogen functional groups attached to an aromatic ring is 1. The summed E-state index contributed by atoms with van der Waals surface area (Å²) in [5.41, 5.74) is 6.20. The third-order valence-electron chi connectivity index (χ3n) is 1.44. The van der Waals surface area contributed by atoms with Gasteiger partial charge in [-0.25, -0.2) is 4.98 Å². The molecule has 0 aliphatic heterocycles. The number of nitrogens with zero attached hydrogens (tertiary/aromatic N) is 2. The Morgan fingerprint density at radius 2 is 2.15 bits per heavy atom. The molecule has 0 aliphatic carbocycles. The van der Waals surface area contributed by atoms with Gasteiger partial charge in [-0.2, -0.15) is 0 Å². The van der Waals surface area contributed by atoms with Gasteiger partial charge in [-0.1, -0.05) is 11.6 Å². The van der Waals surface area contributed by atoms with Crippen LogP contribution in [0.3, 0.4) is 0 Å². The van der Waals surface area contributed by atoms with Crippen LogP contribution in [0.15, 0.2) is 12.1 Å². The van der Waals surface area contributed by atoms with Gasteiger partial charge in [0, 0.05) is 19.8 Å². The lowest BCUT2D eigenvalue weighted by Crippen LogP contribution is -2.22. The first-order valence-electron chi connectivity index (χ1n) is 3.65. The Morgan fingerprint density at radius 3 is 2.62 bits per heavy atom. The van der Waals surface area contributed by atoms with Crippen molar-refractivity contribution in [3.05, 3.63) is 23.0 Å². The van der Waals surface area contributed by atoms with Crippen molar-refractivity contribution in [2.75, 3.05) is 19.8 Å². The van der Waals surface area contributed by atoms with Crippen LogP contribution < -0.4 is 5.73 Å². The molecule has 70 valence electrons.